The van der Waals surface area contributed by atoms with E-state index in [0.717, 1.165) is 0 Å². The Labute approximate surface area is 84.5 Å². The first kappa shape index (κ1) is 153. The van der Waals surface area contributed by atoms with Crippen molar-refractivity contribution in [1.29, 1.82) is 0 Å². The average Bonchev–Trinajstić information content (AvgIpc) is 0. The van der Waals surface area contributed by atoms with Gasteiger partial charge in [0.15, 0.2) is 0 Å². The molecule has 0 saturated heterocycles. The molecule has 7 heavy (non-hydrogen) atoms. The Morgan fingerprint density at radius 2 is 0.429 bits per heavy atom. The molecular formula is MoO4Pt2. The third-order valence-electron chi connectivity index (χ3n) is 0. The van der Waals surface area contributed by atoms with Gasteiger partial charge >= 0.3 is 42.1 Å². The Kier molecular flexibility index (Phi) is 2280. The maximum atomic E-state index is 0. The van der Waals surface area contributed by atoms with Crippen molar-refractivity contribution in [3.8, 4) is 0 Å². The summed E-state index contributed by atoms with van der Waals surface area (Å²) in [5.74, 6) is 0. The van der Waals surface area contributed by atoms with Crippen LogP contribution < -0.4 is 0 Å². The van der Waals surface area contributed by atoms with Gasteiger partial charge in [-0.2, -0.15) is 0 Å². The fourth-order valence-electron chi connectivity index (χ4n) is 0. The summed E-state index contributed by atoms with van der Waals surface area (Å²) >= 11 is 0. The Morgan fingerprint density at radius 1 is 0.429 bits per heavy atom. The van der Waals surface area contributed by atoms with Crippen molar-refractivity contribution in [2.75, 3.05) is 0 Å². The predicted molar refractivity (Wildman–Crippen MR) is 2.75 cm³/mol. The van der Waals surface area contributed by atoms with Crippen LogP contribution in [0.15, 0.2) is 0 Å². The van der Waals surface area contributed by atoms with Crippen LogP contribution in [0.25, 0.3) is 0 Å². The van der Waals surface area contributed by atoms with E-state index in [1.165, 1.54) is 0 Å². The number of hydrogen-bond donors (Lipinski definition) is 0. The van der Waals surface area contributed by atoms with Gasteiger partial charge in [0.25, 0.3) is 0 Å². The second-order valence-corrected chi connectivity index (χ2v) is 0. The molecule has 0 spiro atoms. The van der Waals surface area contributed by atoms with Crippen molar-refractivity contribution >= 4 is 0 Å². The minimum absolute atomic E-state index is 0. The molecule has 7 heteroatoms. The maximum absolute atomic E-state index is 0. The van der Waals surface area contributed by atoms with E-state index in [4.69, 9.17) is 0 Å². The fraction of sp³-hybridized carbons (Fsp3) is 0. The molecule has 0 aromatic heterocycles. The number of rotatable bonds is 0. The Balaban J connectivity index is 0. The van der Waals surface area contributed by atoms with Gasteiger partial charge in [-0.3, -0.25) is 0 Å². The van der Waals surface area contributed by atoms with Gasteiger partial charge in [0.1, 0.15) is 0 Å². The Bertz CT molecular complexity index is 9.65. The molecule has 4 nitrogen and oxygen atoms in total. The summed E-state index contributed by atoms with van der Waals surface area (Å²) in [6, 6.07) is 0. The summed E-state index contributed by atoms with van der Waals surface area (Å²) in [4.78, 5) is 0. The summed E-state index contributed by atoms with van der Waals surface area (Å²) < 4.78 is 0. The molecule has 0 N–H and O–H groups in total. The monoisotopic (exact) mass is 552 g/mol. The van der Waals surface area contributed by atoms with Crippen LogP contribution in [-0.4, -0.2) is 0 Å². The molecule has 0 saturated carbocycles. The van der Waals surface area contributed by atoms with Crippen LogP contribution >= 0.6 is 0 Å². The summed E-state index contributed by atoms with van der Waals surface area (Å²) in [6.45, 7) is 0. The van der Waals surface area contributed by atoms with Crippen LogP contribution in [-0.2, 0) is 85.1 Å². The summed E-state index contributed by atoms with van der Waals surface area (Å²) in [5.41, 5.74) is 0. The topological polar surface area (TPSA) is 114 Å². The average molecular weight is 550 g/mol. The third kappa shape index (κ3) is 76.0. The van der Waals surface area contributed by atoms with Gasteiger partial charge in [0, 0.05) is 21.1 Å². The van der Waals surface area contributed by atoms with Crippen LogP contribution in [0, 0.1) is 0 Å². The van der Waals surface area contributed by atoms with Gasteiger partial charge in [-0.1, -0.05) is 0 Å². The van der Waals surface area contributed by atoms with Gasteiger partial charge in [0.05, 0.1) is 0 Å². The van der Waals surface area contributed by atoms with Crippen molar-refractivity contribution in [3.63, 3.8) is 0 Å². The molecule has 0 amide bonds. The zero-order chi connectivity index (χ0) is 0. The van der Waals surface area contributed by atoms with E-state index in [1.54, 1.807) is 0 Å². The molecule has 0 aliphatic rings. The molecule has 0 rings (SSSR count). The predicted octanol–water partition coefficient (Wildman–Crippen LogP) is -0.483. The molecule has 0 atom stereocenters. The van der Waals surface area contributed by atoms with Crippen molar-refractivity contribution in [2.24, 2.45) is 0 Å². The maximum Gasteiger partial charge on any atom is 4.00 e. The van der Waals surface area contributed by atoms with E-state index in [1.807, 2.05) is 0 Å². The quantitative estimate of drug-likeness (QED) is 0.363. The van der Waals surface area contributed by atoms with Crippen molar-refractivity contribution < 1.29 is 85.1 Å². The zero-order valence-corrected chi connectivity index (χ0v) is 9.23. The molecule has 0 unspecified atom stereocenters. The molecule has 0 bridgehead atoms. The molecule has 0 heterocycles. The van der Waals surface area contributed by atoms with E-state index in [9.17, 15) is 0 Å². The summed E-state index contributed by atoms with van der Waals surface area (Å²) in [7, 11) is 0. The SMILES string of the molecule is [Mo].[O-2].[O-2].[O-2].[O-2].[Pt+4].[Pt+4]. The van der Waals surface area contributed by atoms with E-state index in [-0.39, 0.29) is 85.1 Å². The van der Waals surface area contributed by atoms with Gasteiger partial charge in [-0.15, -0.1) is 0 Å². The molecule has 0 fully saturated rings. The number of hydrogen-bond acceptors (Lipinski definition) is 0. The van der Waals surface area contributed by atoms with Gasteiger partial charge in [-0.25, -0.2) is 0 Å². The van der Waals surface area contributed by atoms with E-state index < -0.39 is 0 Å². The molecule has 50 valence electrons. The van der Waals surface area contributed by atoms with E-state index in [2.05, 4.69) is 0 Å². The van der Waals surface area contributed by atoms with Gasteiger partial charge in [-0.05, 0) is 0 Å². The van der Waals surface area contributed by atoms with Crippen molar-refractivity contribution in [3.05, 3.63) is 0 Å². The zero-order valence-electron chi connectivity index (χ0n) is 2.67. The summed E-state index contributed by atoms with van der Waals surface area (Å²) in [5, 5.41) is 0. The van der Waals surface area contributed by atoms with Crippen molar-refractivity contribution in [2.45, 2.75) is 0 Å². The standard InChI is InChI=1S/Mo.4O.2Pt/q;4*-2;2*+4. The van der Waals surface area contributed by atoms with Crippen LogP contribution in [0.1, 0.15) is 0 Å². The van der Waals surface area contributed by atoms with Gasteiger partial charge in [0.2, 0.25) is 0 Å². The Morgan fingerprint density at radius 3 is 0.429 bits per heavy atom. The molecular weight excluding hydrogens is 550 g/mol. The Hall–Kier alpha value is 1.90. The molecule has 0 radical (unpaired) electrons. The fourth-order valence-corrected chi connectivity index (χ4v) is 0. The molecule has 0 aromatic carbocycles. The largest absolute Gasteiger partial charge is 4.00 e. The molecule has 0 aliphatic carbocycles. The van der Waals surface area contributed by atoms with E-state index >= 15 is 0 Å². The summed E-state index contributed by atoms with van der Waals surface area (Å²) in [6.07, 6.45) is 0. The minimum Gasteiger partial charge on any atom is -2.00 e. The van der Waals surface area contributed by atoms with Crippen LogP contribution in [0.3, 0.4) is 0 Å². The second-order valence-electron chi connectivity index (χ2n) is 0. The van der Waals surface area contributed by atoms with Crippen LogP contribution in [0.5, 0.6) is 0 Å². The molecule has 0 aromatic rings. The van der Waals surface area contributed by atoms with Crippen molar-refractivity contribution in [1.82, 2.24) is 0 Å². The van der Waals surface area contributed by atoms with Gasteiger partial charge < -0.3 is 21.9 Å². The smallest absolute Gasteiger partial charge is 2.00 e. The first-order valence-electron chi connectivity index (χ1n) is 0. The normalized spacial score (nSPS) is 0. The first-order valence-corrected chi connectivity index (χ1v) is 0. The van der Waals surface area contributed by atoms with Crippen LogP contribution in [0.4, 0.5) is 0 Å². The molecule has 0 aliphatic heterocycles. The second kappa shape index (κ2) is 104. The van der Waals surface area contributed by atoms with E-state index in [0.29, 0.717) is 0 Å². The minimum atomic E-state index is 0. The van der Waals surface area contributed by atoms with Crippen LogP contribution in [0.2, 0.25) is 0 Å². The first-order chi connectivity index (χ1) is 0. The third-order valence-corrected chi connectivity index (χ3v) is 0.